The van der Waals surface area contributed by atoms with Crippen LogP contribution in [0.5, 0.6) is 0 Å². The van der Waals surface area contributed by atoms with Crippen molar-refractivity contribution < 1.29 is 4.79 Å². The number of fused-ring (bicyclic) bond motifs is 1. The average Bonchev–Trinajstić information content (AvgIpc) is 2.74. The molecule has 2 N–H and O–H groups in total. The first-order valence-corrected chi connectivity index (χ1v) is 8.13. The Labute approximate surface area is 138 Å². The van der Waals surface area contributed by atoms with Crippen LogP contribution < -0.4 is 10.6 Å². The normalized spacial score (nSPS) is 17.2. The predicted octanol–water partition coefficient (Wildman–Crippen LogP) is 3.57. The second-order valence-electron chi connectivity index (χ2n) is 6.90. The molecule has 3 nitrogen and oxygen atoms in total. The highest BCUT2D eigenvalue weighted by Gasteiger charge is 2.42. The van der Waals surface area contributed by atoms with Gasteiger partial charge in [0.15, 0.2) is 0 Å². The highest BCUT2D eigenvalue weighted by molar-refractivity contribution is 6.07. The third-order valence-corrected chi connectivity index (χ3v) is 4.91. The quantitative estimate of drug-likeness (QED) is 0.938. The van der Waals surface area contributed by atoms with Crippen molar-refractivity contribution in [2.24, 2.45) is 5.73 Å². The Morgan fingerprint density at radius 3 is 2.52 bits per heavy atom. The number of carbonyl (C=O) groups excluding carboxylic acids is 1. The minimum absolute atomic E-state index is 0.0164. The minimum atomic E-state index is -0.473. The van der Waals surface area contributed by atoms with Crippen LogP contribution in [-0.2, 0) is 16.6 Å². The molecule has 1 aliphatic rings. The molecule has 1 atom stereocenters. The van der Waals surface area contributed by atoms with Gasteiger partial charge in [-0.15, -0.1) is 0 Å². The van der Waals surface area contributed by atoms with E-state index in [9.17, 15) is 4.79 Å². The van der Waals surface area contributed by atoms with E-state index in [-0.39, 0.29) is 11.9 Å². The van der Waals surface area contributed by atoms with Gasteiger partial charge in [-0.05, 0) is 49.4 Å². The summed E-state index contributed by atoms with van der Waals surface area (Å²) in [6.45, 7) is 3.97. The molecule has 1 heterocycles. The molecule has 0 radical (unpaired) electrons. The Bertz CT molecular complexity index is 722. The van der Waals surface area contributed by atoms with Gasteiger partial charge >= 0.3 is 0 Å². The van der Waals surface area contributed by atoms with Gasteiger partial charge in [0.2, 0.25) is 5.91 Å². The molecule has 0 aliphatic carbocycles. The summed E-state index contributed by atoms with van der Waals surface area (Å²) in [6, 6.07) is 16.6. The van der Waals surface area contributed by atoms with Crippen LogP contribution in [0.25, 0.3) is 0 Å². The molecule has 0 saturated heterocycles. The number of amides is 1. The molecule has 1 unspecified atom stereocenters. The fourth-order valence-corrected chi connectivity index (χ4v) is 3.35. The van der Waals surface area contributed by atoms with Crippen LogP contribution >= 0.6 is 0 Å². The summed E-state index contributed by atoms with van der Waals surface area (Å²) in [6.07, 6.45) is 1.86. The minimum Gasteiger partial charge on any atom is -0.324 e. The maximum Gasteiger partial charge on any atom is 0.236 e. The standard InChI is InChI=1S/C20H24N2O/c1-20(2)16-13-15(10-12-18(16)22(3)19(20)23)17(21)11-9-14-7-5-4-6-8-14/h4-8,10,12-13,17H,9,11,21H2,1-3H3. The maximum absolute atomic E-state index is 12.4. The van der Waals surface area contributed by atoms with E-state index in [0.29, 0.717) is 0 Å². The second kappa shape index (κ2) is 5.82. The highest BCUT2D eigenvalue weighted by Crippen LogP contribution is 2.41. The number of anilines is 1. The Morgan fingerprint density at radius 1 is 1.13 bits per heavy atom. The first-order valence-electron chi connectivity index (χ1n) is 8.13. The van der Waals surface area contributed by atoms with Crippen molar-refractivity contribution in [2.75, 3.05) is 11.9 Å². The summed E-state index contributed by atoms with van der Waals surface area (Å²) >= 11 is 0. The Kier molecular flexibility index (Phi) is 3.99. The molecule has 0 bridgehead atoms. The fourth-order valence-electron chi connectivity index (χ4n) is 3.35. The second-order valence-corrected chi connectivity index (χ2v) is 6.90. The molecule has 3 heteroatoms. The SMILES string of the molecule is CN1C(=O)C(C)(C)c2cc(C(N)CCc3ccccc3)ccc21. The van der Waals surface area contributed by atoms with Crippen molar-refractivity contribution in [3.63, 3.8) is 0 Å². The van der Waals surface area contributed by atoms with Crippen molar-refractivity contribution in [1.29, 1.82) is 0 Å². The highest BCUT2D eigenvalue weighted by atomic mass is 16.2. The third kappa shape index (κ3) is 2.77. The first-order chi connectivity index (χ1) is 10.9. The lowest BCUT2D eigenvalue weighted by Crippen LogP contribution is -2.33. The predicted molar refractivity (Wildman–Crippen MR) is 94.6 cm³/mol. The molecule has 120 valence electrons. The third-order valence-electron chi connectivity index (χ3n) is 4.91. The topological polar surface area (TPSA) is 46.3 Å². The lowest BCUT2D eigenvalue weighted by Gasteiger charge is -2.18. The number of carbonyl (C=O) groups is 1. The van der Waals surface area contributed by atoms with Crippen molar-refractivity contribution >= 4 is 11.6 Å². The molecular formula is C20H24N2O. The Balaban J connectivity index is 1.80. The van der Waals surface area contributed by atoms with Crippen LogP contribution in [0.4, 0.5) is 5.69 Å². The molecule has 2 aromatic carbocycles. The average molecular weight is 308 g/mol. The van der Waals surface area contributed by atoms with Crippen LogP contribution in [0, 0.1) is 0 Å². The lowest BCUT2D eigenvalue weighted by atomic mass is 9.84. The lowest BCUT2D eigenvalue weighted by molar-refractivity contribution is -0.121. The van der Waals surface area contributed by atoms with E-state index < -0.39 is 5.41 Å². The summed E-state index contributed by atoms with van der Waals surface area (Å²) in [5.74, 6) is 0.141. The molecular weight excluding hydrogens is 284 g/mol. The summed E-state index contributed by atoms with van der Waals surface area (Å²) in [5, 5.41) is 0. The van der Waals surface area contributed by atoms with Gasteiger partial charge in [-0.1, -0.05) is 42.5 Å². The number of benzene rings is 2. The van der Waals surface area contributed by atoms with Crippen LogP contribution in [0.1, 0.15) is 43.0 Å². The molecule has 0 fully saturated rings. The number of likely N-dealkylation sites (N-methyl/N-ethyl adjacent to an activating group) is 1. The van der Waals surface area contributed by atoms with Crippen LogP contribution in [0.15, 0.2) is 48.5 Å². The maximum atomic E-state index is 12.4. The van der Waals surface area contributed by atoms with Gasteiger partial charge in [-0.25, -0.2) is 0 Å². The fraction of sp³-hybridized carbons (Fsp3) is 0.350. The molecule has 2 aromatic rings. The number of hydrogen-bond donors (Lipinski definition) is 1. The van der Waals surface area contributed by atoms with Crippen LogP contribution in [-0.4, -0.2) is 13.0 Å². The summed E-state index contributed by atoms with van der Waals surface area (Å²) in [4.78, 5) is 14.1. The number of hydrogen-bond acceptors (Lipinski definition) is 2. The summed E-state index contributed by atoms with van der Waals surface area (Å²) in [7, 11) is 1.84. The van der Waals surface area contributed by atoms with Gasteiger partial charge in [-0.3, -0.25) is 4.79 Å². The van der Waals surface area contributed by atoms with E-state index >= 15 is 0 Å². The monoisotopic (exact) mass is 308 g/mol. The zero-order chi connectivity index (χ0) is 16.6. The van der Waals surface area contributed by atoms with Gasteiger partial charge < -0.3 is 10.6 Å². The molecule has 0 spiro atoms. The molecule has 1 aliphatic heterocycles. The summed E-state index contributed by atoms with van der Waals surface area (Å²) < 4.78 is 0. The number of nitrogens with zero attached hydrogens (tertiary/aromatic N) is 1. The largest absolute Gasteiger partial charge is 0.324 e. The van der Waals surface area contributed by atoms with Crippen LogP contribution in [0.2, 0.25) is 0 Å². The van der Waals surface area contributed by atoms with E-state index in [2.05, 4.69) is 36.4 Å². The zero-order valence-electron chi connectivity index (χ0n) is 14.0. The van der Waals surface area contributed by atoms with Gasteiger partial charge in [-0.2, -0.15) is 0 Å². The Hall–Kier alpha value is -2.13. The zero-order valence-corrected chi connectivity index (χ0v) is 14.0. The van der Waals surface area contributed by atoms with Crippen LogP contribution in [0.3, 0.4) is 0 Å². The van der Waals surface area contributed by atoms with Crippen molar-refractivity contribution in [3.05, 3.63) is 65.2 Å². The molecule has 1 amide bonds. The first kappa shape index (κ1) is 15.8. The number of aryl methyl sites for hydroxylation is 1. The van der Waals surface area contributed by atoms with E-state index in [0.717, 1.165) is 29.7 Å². The van der Waals surface area contributed by atoms with E-state index in [1.807, 2.05) is 33.0 Å². The smallest absolute Gasteiger partial charge is 0.236 e. The van der Waals surface area contributed by atoms with Crippen molar-refractivity contribution in [1.82, 2.24) is 0 Å². The van der Waals surface area contributed by atoms with E-state index in [4.69, 9.17) is 5.73 Å². The van der Waals surface area contributed by atoms with Gasteiger partial charge in [0.1, 0.15) is 0 Å². The number of nitrogens with two attached hydrogens (primary N) is 1. The molecule has 3 rings (SSSR count). The van der Waals surface area contributed by atoms with E-state index in [1.54, 1.807) is 4.90 Å². The van der Waals surface area contributed by atoms with Gasteiger partial charge in [0, 0.05) is 18.8 Å². The molecule has 0 saturated carbocycles. The van der Waals surface area contributed by atoms with Gasteiger partial charge in [0.05, 0.1) is 5.41 Å². The summed E-state index contributed by atoms with van der Waals surface area (Å²) in [5.41, 5.74) is 10.4. The Morgan fingerprint density at radius 2 is 1.83 bits per heavy atom. The van der Waals surface area contributed by atoms with Crippen molar-refractivity contribution in [2.45, 2.75) is 38.1 Å². The van der Waals surface area contributed by atoms with Crippen molar-refractivity contribution in [3.8, 4) is 0 Å². The van der Waals surface area contributed by atoms with Gasteiger partial charge in [0.25, 0.3) is 0 Å². The number of rotatable bonds is 4. The molecule has 0 aromatic heterocycles. The molecule has 23 heavy (non-hydrogen) atoms. The van der Waals surface area contributed by atoms with E-state index in [1.165, 1.54) is 5.56 Å².